The van der Waals surface area contributed by atoms with Crippen molar-refractivity contribution in [1.82, 2.24) is 4.98 Å². The number of fused-ring (bicyclic) bond motifs is 1. The molecule has 0 unspecified atom stereocenters. The van der Waals surface area contributed by atoms with Crippen LogP contribution in [0, 0.1) is 0 Å². The van der Waals surface area contributed by atoms with E-state index in [9.17, 15) is 0 Å². The van der Waals surface area contributed by atoms with Gasteiger partial charge < -0.3 is 0 Å². The van der Waals surface area contributed by atoms with Crippen LogP contribution in [-0.2, 0) is 12.8 Å². The molecule has 0 aliphatic carbocycles. The van der Waals surface area contributed by atoms with E-state index in [-0.39, 0.29) is 0 Å². The topological polar surface area (TPSA) is 12.9 Å². The van der Waals surface area contributed by atoms with E-state index in [1.54, 1.807) is 0 Å². The molecule has 0 bridgehead atoms. The van der Waals surface area contributed by atoms with E-state index in [2.05, 4.69) is 67.4 Å². The highest BCUT2D eigenvalue weighted by molar-refractivity contribution is 5.87. The number of benzene rings is 2. The molecular weight excluding hydrogens is 242 g/mol. The number of aryl methyl sites for hydroxylation is 2. The molecule has 0 radical (unpaired) electrons. The van der Waals surface area contributed by atoms with Crippen molar-refractivity contribution in [3.05, 3.63) is 66.0 Å². The highest BCUT2D eigenvalue weighted by Gasteiger charge is 2.01. The molecule has 0 saturated carbocycles. The highest BCUT2D eigenvalue weighted by Crippen LogP contribution is 2.25. The molecule has 0 atom stereocenters. The Labute approximate surface area is 120 Å². The quantitative estimate of drug-likeness (QED) is 0.644. The molecule has 0 spiro atoms. The van der Waals surface area contributed by atoms with Gasteiger partial charge in [0.1, 0.15) is 0 Å². The Kier molecular flexibility index (Phi) is 3.51. The summed E-state index contributed by atoms with van der Waals surface area (Å²) in [5.41, 5.74) is 5.05. The monoisotopic (exact) mass is 261 g/mol. The molecule has 0 aliphatic heterocycles. The van der Waals surface area contributed by atoms with Gasteiger partial charge in [-0.15, -0.1) is 0 Å². The third-order valence-corrected chi connectivity index (χ3v) is 3.84. The van der Waals surface area contributed by atoms with E-state index < -0.39 is 0 Å². The Bertz CT molecular complexity index is 726. The molecule has 20 heavy (non-hydrogen) atoms. The summed E-state index contributed by atoms with van der Waals surface area (Å²) >= 11 is 0. The zero-order chi connectivity index (χ0) is 13.9. The van der Waals surface area contributed by atoms with Gasteiger partial charge >= 0.3 is 0 Å². The lowest BCUT2D eigenvalue weighted by molar-refractivity contribution is 1.05. The average molecular weight is 261 g/mol. The van der Waals surface area contributed by atoms with Crippen LogP contribution < -0.4 is 0 Å². The molecule has 1 heterocycles. The summed E-state index contributed by atoms with van der Waals surface area (Å²) in [4.78, 5) is 4.49. The zero-order valence-electron chi connectivity index (χ0n) is 12.1. The lowest BCUT2D eigenvalue weighted by Gasteiger charge is -2.06. The highest BCUT2D eigenvalue weighted by atomic mass is 14.7. The van der Waals surface area contributed by atoms with Gasteiger partial charge in [0.05, 0.1) is 0 Å². The molecule has 0 aliphatic rings. The SMILES string of the molecule is CCc1ccc(-c2ccc3cc(CC)ncc3c2)cc1. The van der Waals surface area contributed by atoms with E-state index >= 15 is 0 Å². The molecule has 0 N–H and O–H groups in total. The van der Waals surface area contributed by atoms with Crippen molar-refractivity contribution in [2.45, 2.75) is 26.7 Å². The van der Waals surface area contributed by atoms with Crippen LogP contribution in [0.2, 0.25) is 0 Å². The minimum Gasteiger partial charge on any atom is -0.261 e. The van der Waals surface area contributed by atoms with Gasteiger partial charge in [0.2, 0.25) is 0 Å². The fourth-order valence-corrected chi connectivity index (χ4v) is 2.49. The first-order chi connectivity index (χ1) is 9.80. The molecule has 100 valence electrons. The lowest BCUT2D eigenvalue weighted by Crippen LogP contribution is -1.87. The number of aromatic nitrogens is 1. The predicted molar refractivity (Wildman–Crippen MR) is 85.9 cm³/mol. The first-order valence-electron chi connectivity index (χ1n) is 7.28. The molecule has 0 fully saturated rings. The summed E-state index contributed by atoms with van der Waals surface area (Å²) in [7, 11) is 0. The molecule has 2 aromatic carbocycles. The van der Waals surface area contributed by atoms with Crippen LogP contribution >= 0.6 is 0 Å². The van der Waals surface area contributed by atoms with Crippen LogP contribution in [0.25, 0.3) is 21.9 Å². The van der Waals surface area contributed by atoms with Gasteiger partial charge in [0.25, 0.3) is 0 Å². The first kappa shape index (κ1) is 12.9. The van der Waals surface area contributed by atoms with Gasteiger partial charge in [-0.05, 0) is 47.1 Å². The summed E-state index contributed by atoms with van der Waals surface area (Å²) < 4.78 is 0. The largest absolute Gasteiger partial charge is 0.261 e. The van der Waals surface area contributed by atoms with Crippen LogP contribution in [0.1, 0.15) is 25.1 Å². The van der Waals surface area contributed by atoms with E-state index in [1.807, 2.05) is 6.20 Å². The maximum Gasteiger partial charge on any atom is 0.0407 e. The van der Waals surface area contributed by atoms with E-state index in [4.69, 9.17) is 0 Å². The fraction of sp³-hybridized carbons (Fsp3) is 0.211. The Hall–Kier alpha value is -2.15. The van der Waals surface area contributed by atoms with Crippen molar-refractivity contribution in [3.63, 3.8) is 0 Å². The molecule has 3 aromatic rings. The van der Waals surface area contributed by atoms with Gasteiger partial charge in [0.15, 0.2) is 0 Å². The Balaban J connectivity index is 2.03. The Morgan fingerprint density at radius 2 is 1.50 bits per heavy atom. The van der Waals surface area contributed by atoms with Crippen LogP contribution in [-0.4, -0.2) is 4.98 Å². The Morgan fingerprint density at radius 1 is 0.750 bits per heavy atom. The zero-order valence-corrected chi connectivity index (χ0v) is 12.1. The molecular formula is C19H19N. The average Bonchev–Trinajstić information content (AvgIpc) is 2.54. The summed E-state index contributed by atoms with van der Waals surface area (Å²) in [6, 6.07) is 17.6. The molecule has 0 saturated heterocycles. The summed E-state index contributed by atoms with van der Waals surface area (Å²) in [5, 5.41) is 2.48. The number of nitrogens with zero attached hydrogens (tertiary/aromatic N) is 1. The maximum absolute atomic E-state index is 4.49. The predicted octanol–water partition coefficient (Wildman–Crippen LogP) is 5.03. The van der Waals surface area contributed by atoms with Crippen LogP contribution in [0.5, 0.6) is 0 Å². The van der Waals surface area contributed by atoms with Crippen molar-refractivity contribution in [1.29, 1.82) is 0 Å². The second-order valence-corrected chi connectivity index (χ2v) is 5.14. The van der Waals surface area contributed by atoms with Crippen molar-refractivity contribution in [3.8, 4) is 11.1 Å². The van der Waals surface area contributed by atoms with Crippen molar-refractivity contribution in [2.75, 3.05) is 0 Å². The second kappa shape index (κ2) is 5.46. The fourth-order valence-electron chi connectivity index (χ4n) is 2.49. The van der Waals surface area contributed by atoms with Crippen molar-refractivity contribution >= 4 is 10.8 Å². The molecule has 1 heteroatoms. The van der Waals surface area contributed by atoms with E-state index in [0.29, 0.717) is 0 Å². The summed E-state index contributed by atoms with van der Waals surface area (Å²) in [6.45, 7) is 4.32. The minimum absolute atomic E-state index is 0.982. The third kappa shape index (κ3) is 2.44. The van der Waals surface area contributed by atoms with Crippen LogP contribution in [0.4, 0.5) is 0 Å². The second-order valence-electron chi connectivity index (χ2n) is 5.14. The van der Waals surface area contributed by atoms with Crippen LogP contribution in [0.15, 0.2) is 54.7 Å². The minimum atomic E-state index is 0.982. The van der Waals surface area contributed by atoms with Crippen LogP contribution in [0.3, 0.4) is 0 Å². The van der Waals surface area contributed by atoms with Crippen molar-refractivity contribution < 1.29 is 0 Å². The van der Waals surface area contributed by atoms with Gasteiger partial charge in [-0.3, -0.25) is 4.98 Å². The standard InChI is InChI=1S/C19H19N/c1-3-14-5-7-15(8-6-14)16-9-10-17-12-19(4-2)20-13-18(17)11-16/h5-13H,3-4H2,1-2H3. The normalized spacial score (nSPS) is 10.9. The maximum atomic E-state index is 4.49. The van der Waals surface area contributed by atoms with Gasteiger partial charge in [-0.25, -0.2) is 0 Å². The van der Waals surface area contributed by atoms with E-state index in [0.717, 1.165) is 18.5 Å². The molecule has 1 nitrogen and oxygen atoms in total. The van der Waals surface area contributed by atoms with Gasteiger partial charge in [-0.1, -0.05) is 50.2 Å². The Morgan fingerprint density at radius 3 is 2.20 bits per heavy atom. The summed E-state index contributed by atoms with van der Waals surface area (Å²) in [5.74, 6) is 0. The number of hydrogen-bond acceptors (Lipinski definition) is 1. The molecule has 3 rings (SSSR count). The van der Waals surface area contributed by atoms with Crippen molar-refractivity contribution in [2.24, 2.45) is 0 Å². The molecule has 1 aromatic heterocycles. The first-order valence-corrected chi connectivity index (χ1v) is 7.28. The lowest BCUT2D eigenvalue weighted by atomic mass is 10.0. The van der Waals surface area contributed by atoms with Gasteiger partial charge in [-0.2, -0.15) is 0 Å². The number of pyridine rings is 1. The summed E-state index contributed by atoms with van der Waals surface area (Å²) in [6.07, 6.45) is 4.05. The smallest absolute Gasteiger partial charge is 0.0407 e. The molecule has 0 amide bonds. The van der Waals surface area contributed by atoms with E-state index in [1.165, 1.54) is 27.5 Å². The number of hydrogen-bond donors (Lipinski definition) is 0. The third-order valence-electron chi connectivity index (χ3n) is 3.84. The number of rotatable bonds is 3. The van der Waals surface area contributed by atoms with Gasteiger partial charge in [0, 0.05) is 17.3 Å².